The average Bonchev–Trinajstić information content (AvgIpc) is 2.96. The highest BCUT2D eigenvalue weighted by atomic mass is 16.7. The molecule has 3 rings (SSSR count). The van der Waals surface area contributed by atoms with E-state index < -0.39 is 0 Å². The van der Waals surface area contributed by atoms with Gasteiger partial charge in [0.1, 0.15) is 5.78 Å². The van der Waals surface area contributed by atoms with Gasteiger partial charge in [-0.25, -0.2) is 0 Å². The molecule has 4 atom stereocenters. The van der Waals surface area contributed by atoms with Crippen LogP contribution >= 0.6 is 0 Å². The number of carbonyl (C=O) groups excluding carboxylic acids is 1. The van der Waals surface area contributed by atoms with Gasteiger partial charge in [-0.1, -0.05) is 26.0 Å². The topological polar surface area (TPSA) is 55.8 Å². The van der Waals surface area contributed by atoms with Gasteiger partial charge in [0.2, 0.25) is 0 Å². The third-order valence-corrected chi connectivity index (χ3v) is 5.97. The van der Waals surface area contributed by atoms with Crippen LogP contribution in [0.2, 0.25) is 0 Å². The second kappa shape index (κ2) is 5.49. The summed E-state index contributed by atoms with van der Waals surface area (Å²) >= 11 is 0. The molecule has 4 nitrogen and oxygen atoms in total. The average molecular weight is 294 g/mol. The molecule has 21 heavy (non-hydrogen) atoms. The van der Waals surface area contributed by atoms with Gasteiger partial charge in [-0.05, 0) is 24.2 Å². The van der Waals surface area contributed by atoms with E-state index in [2.05, 4.69) is 26.0 Å². The van der Waals surface area contributed by atoms with E-state index in [1.54, 1.807) is 0 Å². The van der Waals surface area contributed by atoms with Gasteiger partial charge in [-0.3, -0.25) is 4.79 Å². The summed E-state index contributed by atoms with van der Waals surface area (Å²) in [5, 5.41) is 9.85. The zero-order valence-electron chi connectivity index (χ0n) is 13.0. The Labute approximate surface area is 126 Å². The molecule has 1 saturated heterocycles. The van der Waals surface area contributed by atoms with E-state index in [9.17, 15) is 9.90 Å². The molecule has 0 aromatic carbocycles. The van der Waals surface area contributed by atoms with Crippen LogP contribution in [0, 0.1) is 22.7 Å². The van der Waals surface area contributed by atoms with Gasteiger partial charge in [0.25, 0.3) is 0 Å². The van der Waals surface area contributed by atoms with Gasteiger partial charge < -0.3 is 14.6 Å². The number of hydrogen-bond donors (Lipinski definition) is 1. The van der Waals surface area contributed by atoms with E-state index in [0.717, 1.165) is 12.8 Å². The van der Waals surface area contributed by atoms with Crippen LogP contribution in [0.25, 0.3) is 0 Å². The van der Waals surface area contributed by atoms with Crippen LogP contribution in [0.3, 0.4) is 0 Å². The number of carbonyl (C=O) groups is 1. The number of aliphatic hydroxyl groups is 1. The van der Waals surface area contributed by atoms with Crippen molar-refractivity contribution >= 4 is 5.78 Å². The van der Waals surface area contributed by atoms with Crippen molar-refractivity contribution in [1.82, 2.24) is 0 Å². The molecule has 3 aliphatic rings. The predicted molar refractivity (Wildman–Crippen MR) is 78.6 cm³/mol. The normalized spacial score (nSPS) is 44.0. The van der Waals surface area contributed by atoms with Gasteiger partial charge >= 0.3 is 0 Å². The van der Waals surface area contributed by atoms with Crippen molar-refractivity contribution in [2.24, 2.45) is 22.7 Å². The summed E-state index contributed by atoms with van der Waals surface area (Å²) in [7, 11) is 0. The molecule has 0 aromatic heterocycles. The molecular formula is C17H26O4. The highest BCUT2D eigenvalue weighted by Crippen LogP contribution is 2.57. The summed E-state index contributed by atoms with van der Waals surface area (Å²) in [6, 6.07) is 0. The van der Waals surface area contributed by atoms with Crippen LogP contribution in [0.15, 0.2) is 12.2 Å². The lowest BCUT2D eigenvalue weighted by molar-refractivity contribution is -0.148. The number of fused-ring (bicyclic) bond motifs is 1. The fourth-order valence-electron chi connectivity index (χ4n) is 4.77. The molecule has 0 aromatic rings. The van der Waals surface area contributed by atoms with Crippen LogP contribution in [0.1, 0.15) is 39.5 Å². The Morgan fingerprint density at radius 3 is 2.71 bits per heavy atom. The molecule has 1 aliphatic heterocycles. The number of aliphatic hydroxyl groups excluding tert-OH is 1. The summed E-state index contributed by atoms with van der Waals surface area (Å²) in [5.41, 5.74) is -0.319. The maximum absolute atomic E-state index is 12.5. The third-order valence-electron chi connectivity index (χ3n) is 5.97. The van der Waals surface area contributed by atoms with E-state index in [1.807, 2.05) is 0 Å². The quantitative estimate of drug-likeness (QED) is 0.812. The fraction of sp³-hybridized carbons (Fsp3) is 0.824. The summed E-state index contributed by atoms with van der Waals surface area (Å²) < 4.78 is 11.1. The van der Waals surface area contributed by atoms with Crippen LogP contribution in [-0.2, 0) is 14.3 Å². The van der Waals surface area contributed by atoms with Crippen LogP contribution in [0.4, 0.5) is 0 Å². The Morgan fingerprint density at radius 1 is 1.33 bits per heavy atom. The number of rotatable bonds is 3. The molecule has 0 amide bonds. The molecule has 2 fully saturated rings. The molecule has 1 N–H and O–H groups in total. The minimum atomic E-state index is -0.235. The molecule has 0 radical (unpaired) electrons. The first-order valence-corrected chi connectivity index (χ1v) is 8.04. The molecule has 118 valence electrons. The fourth-order valence-corrected chi connectivity index (χ4v) is 4.77. The maximum atomic E-state index is 12.5. The highest BCUT2D eigenvalue weighted by Gasteiger charge is 2.55. The van der Waals surface area contributed by atoms with E-state index in [4.69, 9.17) is 9.47 Å². The standard InChI is InChI=1S/C17H26O4/c1-16(11-18)6-3-7-17(2)12(10-15-20-8-9-21-15)13(19)4-5-14(16)17/h3,6,12,14-15,18H,4-5,7-11H2,1-2H3/t12-,14-,16-,17+/m0/s1. The lowest BCUT2D eigenvalue weighted by atomic mass is 9.49. The molecule has 0 bridgehead atoms. The van der Waals surface area contributed by atoms with Gasteiger partial charge in [-0.2, -0.15) is 0 Å². The van der Waals surface area contributed by atoms with Crippen molar-refractivity contribution in [2.75, 3.05) is 19.8 Å². The minimum Gasteiger partial charge on any atom is -0.395 e. The number of allylic oxidation sites excluding steroid dienone is 1. The van der Waals surface area contributed by atoms with Crippen molar-refractivity contribution in [3.63, 3.8) is 0 Å². The first kappa shape index (κ1) is 15.2. The molecular weight excluding hydrogens is 268 g/mol. The maximum Gasteiger partial charge on any atom is 0.158 e. The van der Waals surface area contributed by atoms with E-state index >= 15 is 0 Å². The van der Waals surface area contributed by atoms with Crippen LogP contribution in [-0.4, -0.2) is 37.0 Å². The Bertz CT molecular complexity index is 440. The third kappa shape index (κ3) is 2.47. The largest absolute Gasteiger partial charge is 0.395 e. The summed E-state index contributed by atoms with van der Waals surface area (Å²) in [6.07, 6.45) is 7.10. The molecule has 0 unspecified atom stereocenters. The molecule has 0 spiro atoms. The van der Waals surface area contributed by atoms with E-state index in [1.165, 1.54) is 0 Å². The van der Waals surface area contributed by atoms with E-state index in [0.29, 0.717) is 37.8 Å². The predicted octanol–water partition coefficient (Wildman–Crippen LogP) is 2.31. The number of ether oxygens (including phenoxy) is 2. The molecule has 2 aliphatic carbocycles. The SMILES string of the molecule is C[C@]12CC=C[C@@](C)(CO)[C@@H]1CCC(=O)[C@@H]2CC1OCCO1. The Balaban J connectivity index is 1.87. The summed E-state index contributed by atoms with van der Waals surface area (Å²) in [6.45, 7) is 5.72. The number of Topliss-reactive ketones (excluding diaryl/α,β-unsaturated/α-hetero) is 1. The monoisotopic (exact) mass is 294 g/mol. The van der Waals surface area contributed by atoms with Gasteiger partial charge in [0.15, 0.2) is 6.29 Å². The van der Waals surface area contributed by atoms with Crippen molar-refractivity contribution < 1.29 is 19.4 Å². The minimum absolute atomic E-state index is 0.0322. The van der Waals surface area contributed by atoms with Crippen LogP contribution < -0.4 is 0 Å². The van der Waals surface area contributed by atoms with Crippen molar-refractivity contribution in [3.8, 4) is 0 Å². The number of hydrogen-bond acceptors (Lipinski definition) is 4. The number of ketones is 1. The molecule has 1 saturated carbocycles. The van der Waals surface area contributed by atoms with Gasteiger partial charge in [0.05, 0.1) is 19.8 Å². The Morgan fingerprint density at radius 2 is 2.05 bits per heavy atom. The van der Waals surface area contributed by atoms with Crippen molar-refractivity contribution in [2.45, 2.75) is 45.8 Å². The van der Waals surface area contributed by atoms with Gasteiger partial charge in [-0.15, -0.1) is 0 Å². The lowest BCUT2D eigenvalue weighted by Crippen LogP contribution is -2.53. The smallest absolute Gasteiger partial charge is 0.158 e. The summed E-state index contributed by atoms with van der Waals surface area (Å²) in [4.78, 5) is 12.5. The Kier molecular flexibility index (Phi) is 3.97. The second-order valence-electron chi connectivity index (χ2n) is 7.29. The first-order valence-electron chi connectivity index (χ1n) is 8.04. The molecule has 1 heterocycles. The van der Waals surface area contributed by atoms with Gasteiger partial charge in [0, 0.05) is 24.2 Å². The highest BCUT2D eigenvalue weighted by molar-refractivity contribution is 5.83. The van der Waals surface area contributed by atoms with Crippen LogP contribution in [0.5, 0.6) is 0 Å². The molecule has 4 heteroatoms. The Hall–Kier alpha value is -0.710. The van der Waals surface area contributed by atoms with E-state index in [-0.39, 0.29) is 29.6 Å². The zero-order chi connectivity index (χ0) is 15.1. The second-order valence-corrected chi connectivity index (χ2v) is 7.29. The summed E-state index contributed by atoms with van der Waals surface area (Å²) in [5.74, 6) is 0.641. The van der Waals surface area contributed by atoms with Crippen molar-refractivity contribution in [1.29, 1.82) is 0 Å². The first-order chi connectivity index (χ1) is 9.99. The zero-order valence-corrected chi connectivity index (χ0v) is 13.0. The van der Waals surface area contributed by atoms with Crippen molar-refractivity contribution in [3.05, 3.63) is 12.2 Å². The lowest BCUT2D eigenvalue weighted by Gasteiger charge is -2.55.